The number of nitrogens with two attached hydrogens (primary N) is 1. The van der Waals surface area contributed by atoms with Gasteiger partial charge in [0, 0.05) is 7.11 Å². The minimum atomic E-state index is -0.473. The van der Waals surface area contributed by atoms with Crippen LogP contribution in [0.3, 0.4) is 0 Å². The van der Waals surface area contributed by atoms with Crippen LogP contribution in [0.25, 0.3) is 0 Å². The van der Waals surface area contributed by atoms with Crippen molar-refractivity contribution in [3.63, 3.8) is 0 Å². The Hall–Kier alpha value is -1.75. The zero-order valence-corrected chi connectivity index (χ0v) is 10.2. The van der Waals surface area contributed by atoms with E-state index >= 15 is 0 Å². The molecule has 0 heterocycles. The monoisotopic (exact) mass is 239 g/mol. The first-order valence-electron chi connectivity index (χ1n) is 5.22. The Labute approximate surface area is 100 Å². The van der Waals surface area contributed by atoms with Gasteiger partial charge in [0.2, 0.25) is 0 Å². The summed E-state index contributed by atoms with van der Waals surface area (Å²) in [6, 6.07) is 4.95. The molecule has 1 aromatic rings. The van der Waals surface area contributed by atoms with E-state index in [1.165, 1.54) is 7.11 Å². The molecule has 0 aliphatic carbocycles. The van der Waals surface area contributed by atoms with E-state index in [2.05, 4.69) is 0 Å². The highest BCUT2D eigenvalue weighted by molar-refractivity contribution is 5.94. The number of para-hydroxylation sites is 1. The minimum Gasteiger partial charge on any atom is -0.494 e. The molecule has 0 amide bonds. The molecule has 0 saturated carbocycles. The maximum atomic E-state index is 11.8. The van der Waals surface area contributed by atoms with Crippen molar-refractivity contribution in [1.82, 2.24) is 0 Å². The van der Waals surface area contributed by atoms with Crippen LogP contribution in [0, 0.1) is 0 Å². The predicted octanol–water partition coefficient (Wildman–Crippen LogP) is 1.47. The van der Waals surface area contributed by atoms with E-state index in [1.807, 2.05) is 0 Å². The lowest BCUT2D eigenvalue weighted by Gasteiger charge is -2.14. The van der Waals surface area contributed by atoms with Gasteiger partial charge >= 0.3 is 5.97 Å². The van der Waals surface area contributed by atoms with E-state index in [0.717, 1.165) is 0 Å². The van der Waals surface area contributed by atoms with Crippen LogP contribution < -0.4 is 10.5 Å². The second-order valence-electron chi connectivity index (χ2n) is 3.60. The maximum Gasteiger partial charge on any atom is 0.342 e. The van der Waals surface area contributed by atoms with Crippen LogP contribution in [0.2, 0.25) is 0 Å². The number of anilines is 1. The van der Waals surface area contributed by atoms with Gasteiger partial charge in [0.15, 0.2) is 5.75 Å². The van der Waals surface area contributed by atoms with Crippen molar-refractivity contribution in [1.29, 1.82) is 0 Å². The van der Waals surface area contributed by atoms with E-state index in [1.54, 1.807) is 32.2 Å². The maximum absolute atomic E-state index is 11.8. The molecule has 1 rings (SSSR count). The van der Waals surface area contributed by atoms with Gasteiger partial charge in [0.25, 0.3) is 0 Å². The second-order valence-corrected chi connectivity index (χ2v) is 3.60. The summed E-state index contributed by atoms with van der Waals surface area (Å²) in [6.07, 6.45) is -0.321. The van der Waals surface area contributed by atoms with Crippen molar-refractivity contribution in [2.24, 2.45) is 0 Å². The number of ether oxygens (including phenoxy) is 3. The molecule has 0 saturated heterocycles. The van der Waals surface area contributed by atoms with E-state index in [4.69, 9.17) is 19.9 Å². The van der Waals surface area contributed by atoms with Crippen molar-refractivity contribution in [2.75, 3.05) is 26.6 Å². The lowest BCUT2D eigenvalue weighted by atomic mass is 10.1. The SMILES string of the molecule is COCC(C)OC(=O)c1cccc(N)c1OC. The van der Waals surface area contributed by atoms with Crippen LogP contribution in [0.5, 0.6) is 5.75 Å². The third kappa shape index (κ3) is 3.35. The number of hydrogen-bond acceptors (Lipinski definition) is 5. The van der Waals surface area contributed by atoms with Gasteiger partial charge in [0.1, 0.15) is 11.7 Å². The number of benzene rings is 1. The van der Waals surface area contributed by atoms with Gasteiger partial charge in [-0.3, -0.25) is 0 Å². The number of methoxy groups -OCH3 is 2. The smallest absolute Gasteiger partial charge is 0.342 e. The van der Waals surface area contributed by atoms with Crippen molar-refractivity contribution in [3.05, 3.63) is 23.8 Å². The Kier molecular flexibility index (Phi) is 4.78. The van der Waals surface area contributed by atoms with E-state index in [0.29, 0.717) is 23.6 Å². The summed E-state index contributed by atoms with van der Waals surface area (Å²) in [5, 5.41) is 0. The molecule has 0 spiro atoms. The molecule has 94 valence electrons. The lowest BCUT2D eigenvalue weighted by Crippen LogP contribution is -2.20. The van der Waals surface area contributed by atoms with Gasteiger partial charge in [-0.05, 0) is 19.1 Å². The second kappa shape index (κ2) is 6.10. The quantitative estimate of drug-likeness (QED) is 0.622. The summed E-state index contributed by atoms with van der Waals surface area (Å²) < 4.78 is 15.1. The fourth-order valence-electron chi connectivity index (χ4n) is 1.46. The molecular formula is C12H17NO4. The van der Waals surface area contributed by atoms with Gasteiger partial charge in [-0.2, -0.15) is 0 Å². The van der Waals surface area contributed by atoms with Gasteiger partial charge in [-0.1, -0.05) is 6.07 Å². The Morgan fingerprint density at radius 3 is 2.71 bits per heavy atom. The van der Waals surface area contributed by atoms with Crippen molar-refractivity contribution in [3.8, 4) is 5.75 Å². The molecule has 0 radical (unpaired) electrons. The number of esters is 1. The standard InChI is InChI=1S/C12H17NO4/c1-8(7-15-2)17-12(14)9-5-4-6-10(13)11(9)16-3/h4-6,8H,7,13H2,1-3H3. The highest BCUT2D eigenvalue weighted by Crippen LogP contribution is 2.26. The Morgan fingerprint density at radius 1 is 1.41 bits per heavy atom. The number of rotatable bonds is 5. The van der Waals surface area contributed by atoms with Gasteiger partial charge in [-0.25, -0.2) is 4.79 Å². The molecule has 1 unspecified atom stereocenters. The summed E-state index contributed by atoms with van der Waals surface area (Å²) in [6.45, 7) is 2.09. The first-order chi connectivity index (χ1) is 8.10. The third-order valence-corrected chi connectivity index (χ3v) is 2.18. The topological polar surface area (TPSA) is 70.8 Å². The number of carbonyl (C=O) groups excluding carboxylic acids is 1. The fourth-order valence-corrected chi connectivity index (χ4v) is 1.46. The van der Waals surface area contributed by atoms with Crippen LogP contribution in [0.15, 0.2) is 18.2 Å². The van der Waals surface area contributed by atoms with Crippen molar-refractivity contribution >= 4 is 11.7 Å². The molecule has 1 atom stereocenters. The molecule has 1 aromatic carbocycles. The first kappa shape index (κ1) is 13.3. The molecule has 0 bridgehead atoms. The predicted molar refractivity (Wildman–Crippen MR) is 64.2 cm³/mol. The summed E-state index contributed by atoms with van der Waals surface area (Å²) in [7, 11) is 3.01. The average molecular weight is 239 g/mol. The minimum absolute atomic E-state index is 0.315. The fraction of sp³-hybridized carbons (Fsp3) is 0.417. The molecule has 2 N–H and O–H groups in total. The van der Waals surface area contributed by atoms with Crippen LogP contribution in [-0.4, -0.2) is 32.9 Å². The highest BCUT2D eigenvalue weighted by Gasteiger charge is 2.18. The van der Waals surface area contributed by atoms with Crippen molar-refractivity contribution in [2.45, 2.75) is 13.0 Å². The normalized spacial score (nSPS) is 11.9. The Bertz CT molecular complexity index is 392. The zero-order valence-electron chi connectivity index (χ0n) is 10.2. The van der Waals surface area contributed by atoms with Crippen LogP contribution >= 0.6 is 0 Å². The molecule has 0 aromatic heterocycles. The summed E-state index contributed by atoms with van der Waals surface area (Å²) >= 11 is 0. The molecule has 0 fully saturated rings. The molecule has 5 heteroatoms. The van der Waals surface area contributed by atoms with Gasteiger partial charge in [0.05, 0.1) is 19.4 Å². The average Bonchev–Trinajstić information content (AvgIpc) is 2.28. The molecular weight excluding hydrogens is 222 g/mol. The summed E-state index contributed by atoms with van der Waals surface area (Å²) in [5.41, 5.74) is 6.42. The van der Waals surface area contributed by atoms with Crippen molar-refractivity contribution < 1.29 is 19.0 Å². The molecule has 5 nitrogen and oxygen atoms in total. The number of carbonyl (C=O) groups is 1. The number of hydrogen-bond donors (Lipinski definition) is 1. The molecule has 17 heavy (non-hydrogen) atoms. The van der Waals surface area contributed by atoms with E-state index in [9.17, 15) is 4.79 Å². The largest absolute Gasteiger partial charge is 0.494 e. The lowest BCUT2D eigenvalue weighted by molar-refractivity contribution is 0.0117. The third-order valence-electron chi connectivity index (χ3n) is 2.18. The summed E-state index contributed by atoms with van der Waals surface area (Å²) in [5.74, 6) is -0.138. The van der Waals surface area contributed by atoms with Gasteiger partial charge in [-0.15, -0.1) is 0 Å². The van der Waals surface area contributed by atoms with E-state index < -0.39 is 5.97 Å². The van der Waals surface area contributed by atoms with Gasteiger partial charge < -0.3 is 19.9 Å². The highest BCUT2D eigenvalue weighted by atomic mass is 16.6. The van der Waals surface area contributed by atoms with Crippen LogP contribution in [0.4, 0.5) is 5.69 Å². The van der Waals surface area contributed by atoms with E-state index in [-0.39, 0.29) is 6.10 Å². The zero-order chi connectivity index (χ0) is 12.8. The number of nitrogen functional groups attached to an aromatic ring is 1. The summed E-state index contributed by atoms with van der Waals surface area (Å²) in [4.78, 5) is 11.8. The molecule has 0 aliphatic rings. The van der Waals surface area contributed by atoms with Crippen LogP contribution in [0.1, 0.15) is 17.3 Å². The Morgan fingerprint density at radius 2 is 2.12 bits per heavy atom. The molecule has 0 aliphatic heterocycles. The first-order valence-corrected chi connectivity index (χ1v) is 5.22. The Balaban J connectivity index is 2.85. The van der Waals surface area contributed by atoms with Crippen LogP contribution in [-0.2, 0) is 9.47 Å².